The van der Waals surface area contributed by atoms with Crippen LogP contribution in [0.2, 0.25) is 0 Å². The second kappa shape index (κ2) is 9.96. The van der Waals surface area contributed by atoms with Gasteiger partial charge < -0.3 is 15.2 Å². The molecule has 1 atom stereocenters. The van der Waals surface area contributed by atoms with E-state index in [-0.39, 0.29) is 12.4 Å². The average Bonchev–Trinajstić information content (AvgIpc) is 2.88. The van der Waals surface area contributed by atoms with Crippen LogP contribution in [0.4, 0.5) is 5.82 Å². The lowest BCUT2D eigenvalue weighted by Gasteiger charge is -2.20. The summed E-state index contributed by atoms with van der Waals surface area (Å²) in [7, 11) is 2.95. The van der Waals surface area contributed by atoms with Crippen molar-refractivity contribution in [3.63, 3.8) is 0 Å². The number of para-hydroxylation sites is 1. The molecule has 4 aromatic rings. The van der Waals surface area contributed by atoms with E-state index >= 15 is 0 Å². The van der Waals surface area contributed by atoms with Gasteiger partial charge in [-0.1, -0.05) is 78.9 Å². The van der Waals surface area contributed by atoms with Crippen LogP contribution in [0, 0.1) is 0 Å². The molecule has 0 bridgehead atoms. The van der Waals surface area contributed by atoms with Crippen LogP contribution in [0.15, 0.2) is 84.9 Å². The third-order valence-corrected chi connectivity index (χ3v) is 5.53. The standard InChI is InChI=1S/C27H25N3O3/c1-32-23-16-10-9-15-20(23)21(27(31)33-2)17-22-24(18-11-5-3-6-12-18)29-26(30-25(22)28)19-13-7-4-8-14-19/h3-16,21H,17H2,1-2H3,(H2,28,29,30). The number of anilines is 1. The number of esters is 1. The fourth-order valence-electron chi connectivity index (χ4n) is 3.87. The SMILES string of the molecule is COC(=O)C(Cc1c(N)nc(-c2ccccc2)nc1-c1ccccc1)c1ccccc1OC. The highest BCUT2D eigenvalue weighted by Gasteiger charge is 2.28. The molecule has 6 nitrogen and oxygen atoms in total. The van der Waals surface area contributed by atoms with Crippen molar-refractivity contribution >= 4 is 11.8 Å². The van der Waals surface area contributed by atoms with Crippen LogP contribution < -0.4 is 10.5 Å². The molecule has 0 fully saturated rings. The summed E-state index contributed by atoms with van der Waals surface area (Å²) in [5, 5.41) is 0. The molecule has 1 aromatic heterocycles. The summed E-state index contributed by atoms with van der Waals surface area (Å²) in [6, 6.07) is 26.8. The number of carbonyl (C=O) groups excluding carboxylic acids is 1. The Morgan fingerprint density at radius 3 is 2.09 bits per heavy atom. The summed E-state index contributed by atoms with van der Waals surface area (Å²) < 4.78 is 10.7. The van der Waals surface area contributed by atoms with E-state index < -0.39 is 5.92 Å². The van der Waals surface area contributed by atoms with Crippen molar-refractivity contribution in [2.45, 2.75) is 12.3 Å². The lowest BCUT2D eigenvalue weighted by molar-refractivity contribution is -0.142. The Bertz CT molecular complexity index is 1240. The Kier molecular flexibility index (Phi) is 6.64. The molecule has 1 heterocycles. The first-order valence-electron chi connectivity index (χ1n) is 10.6. The van der Waals surface area contributed by atoms with E-state index in [4.69, 9.17) is 20.2 Å². The number of nitrogens with zero attached hydrogens (tertiary/aromatic N) is 2. The second-order valence-electron chi connectivity index (χ2n) is 7.51. The molecule has 2 N–H and O–H groups in total. The van der Waals surface area contributed by atoms with Gasteiger partial charge in [0, 0.05) is 22.3 Å². The first-order chi connectivity index (χ1) is 16.1. The van der Waals surface area contributed by atoms with Gasteiger partial charge >= 0.3 is 5.97 Å². The van der Waals surface area contributed by atoms with Crippen LogP contribution in [0.3, 0.4) is 0 Å². The first-order valence-corrected chi connectivity index (χ1v) is 10.6. The zero-order chi connectivity index (χ0) is 23.2. The highest BCUT2D eigenvalue weighted by molar-refractivity contribution is 5.81. The van der Waals surface area contributed by atoms with Crippen LogP contribution in [0.1, 0.15) is 17.0 Å². The zero-order valence-electron chi connectivity index (χ0n) is 18.6. The normalized spacial score (nSPS) is 11.6. The molecule has 0 saturated carbocycles. The number of hydrogen-bond acceptors (Lipinski definition) is 6. The molecule has 166 valence electrons. The van der Waals surface area contributed by atoms with Crippen LogP contribution in [0.25, 0.3) is 22.6 Å². The van der Waals surface area contributed by atoms with E-state index in [0.29, 0.717) is 28.6 Å². The Labute approximate surface area is 193 Å². The number of rotatable bonds is 7. The van der Waals surface area contributed by atoms with Gasteiger partial charge in [-0.15, -0.1) is 0 Å². The van der Waals surface area contributed by atoms with Crippen molar-refractivity contribution in [3.05, 3.63) is 96.1 Å². The number of aromatic nitrogens is 2. The third kappa shape index (κ3) is 4.70. The highest BCUT2D eigenvalue weighted by atomic mass is 16.5. The fourth-order valence-corrected chi connectivity index (χ4v) is 3.87. The molecule has 0 aliphatic heterocycles. The molecule has 0 aliphatic rings. The van der Waals surface area contributed by atoms with Crippen LogP contribution in [-0.2, 0) is 16.0 Å². The van der Waals surface area contributed by atoms with Gasteiger partial charge in [0.25, 0.3) is 0 Å². The van der Waals surface area contributed by atoms with Crippen molar-refractivity contribution in [2.24, 2.45) is 0 Å². The predicted molar refractivity (Wildman–Crippen MR) is 129 cm³/mol. The minimum absolute atomic E-state index is 0.262. The molecule has 3 aromatic carbocycles. The number of benzene rings is 3. The number of ether oxygens (including phenoxy) is 2. The summed E-state index contributed by atoms with van der Waals surface area (Å²) in [5.74, 6) is 0.441. The maximum atomic E-state index is 12.9. The monoisotopic (exact) mass is 439 g/mol. The number of hydrogen-bond donors (Lipinski definition) is 1. The van der Waals surface area contributed by atoms with Gasteiger partial charge in [0.05, 0.1) is 25.8 Å². The summed E-state index contributed by atoms with van der Waals surface area (Å²) in [6.07, 6.45) is 0.262. The van der Waals surface area contributed by atoms with E-state index in [0.717, 1.165) is 16.7 Å². The Morgan fingerprint density at radius 1 is 0.848 bits per heavy atom. The van der Waals surface area contributed by atoms with Gasteiger partial charge in [0.15, 0.2) is 5.82 Å². The molecule has 0 radical (unpaired) electrons. The second-order valence-corrected chi connectivity index (χ2v) is 7.51. The van der Waals surface area contributed by atoms with E-state index in [1.807, 2.05) is 84.9 Å². The summed E-state index contributed by atoms with van der Waals surface area (Å²) in [4.78, 5) is 22.3. The number of carbonyl (C=O) groups is 1. The quantitative estimate of drug-likeness (QED) is 0.412. The maximum absolute atomic E-state index is 12.9. The van der Waals surface area contributed by atoms with Gasteiger partial charge in [0.2, 0.25) is 0 Å². The summed E-state index contributed by atoms with van der Waals surface area (Å²) in [6.45, 7) is 0. The maximum Gasteiger partial charge on any atom is 0.313 e. The lowest BCUT2D eigenvalue weighted by Crippen LogP contribution is -2.19. The largest absolute Gasteiger partial charge is 0.496 e. The van der Waals surface area contributed by atoms with Gasteiger partial charge in [0.1, 0.15) is 11.6 Å². The van der Waals surface area contributed by atoms with Crippen molar-refractivity contribution in [2.75, 3.05) is 20.0 Å². The molecule has 6 heteroatoms. The number of nitrogens with two attached hydrogens (primary N) is 1. The molecule has 4 rings (SSSR count). The van der Waals surface area contributed by atoms with Crippen molar-refractivity contribution < 1.29 is 14.3 Å². The lowest BCUT2D eigenvalue weighted by atomic mass is 9.89. The van der Waals surface area contributed by atoms with E-state index in [2.05, 4.69) is 4.98 Å². The molecular formula is C27H25N3O3. The van der Waals surface area contributed by atoms with E-state index in [1.54, 1.807) is 7.11 Å². The minimum Gasteiger partial charge on any atom is -0.496 e. The summed E-state index contributed by atoms with van der Waals surface area (Å²) in [5.41, 5.74) is 10.3. The molecular weight excluding hydrogens is 414 g/mol. The average molecular weight is 440 g/mol. The molecule has 0 amide bonds. The molecule has 0 saturated heterocycles. The topological polar surface area (TPSA) is 87.3 Å². The van der Waals surface area contributed by atoms with Crippen LogP contribution >= 0.6 is 0 Å². The smallest absolute Gasteiger partial charge is 0.313 e. The van der Waals surface area contributed by atoms with E-state index in [9.17, 15) is 4.79 Å². The number of methoxy groups -OCH3 is 2. The predicted octanol–water partition coefficient (Wildman–Crippen LogP) is 4.90. The van der Waals surface area contributed by atoms with Gasteiger partial charge in [-0.25, -0.2) is 9.97 Å². The zero-order valence-corrected chi connectivity index (χ0v) is 18.6. The molecule has 0 aliphatic carbocycles. The number of nitrogen functional groups attached to an aromatic ring is 1. The van der Waals surface area contributed by atoms with Gasteiger partial charge in [-0.3, -0.25) is 4.79 Å². The fraction of sp³-hybridized carbons (Fsp3) is 0.148. The van der Waals surface area contributed by atoms with Gasteiger partial charge in [-0.2, -0.15) is 0 Å². The molecule has 0 spiro atoms. The Morgan fingerprint density at radius 2 is 1.45 bits per heavy atom. The minimum atomic E-state index is -0.637. The van der Waals surface area contributed by atoms with Crippen molar-refractivity contribution in [3.8, 4) is 28.4 Å². The van der Waals surface area contributed by atoms with Crippen LogP contribution in [-0.4, -0.2) is 30.2 Å². The highest BCUT2D eigenvalue weighted by Crippen LogP contribution is 2.35. The molecule has 1 unspecified atom stereocenters. The van der Waals surface area contributed by atoms with Crippen LogP contribution in [0.5, 0.6) is 5.75 Å². The summed E-state index contributed by atoms with van der Waals surface area (Å²) >= 11 is 0. The van der Waals surface area contributed by atoms with Gasteiger partial charge in [-0.05, 0) is 12.5 Å². The van der Waals surface area contributed by atoms with Crippen molar-refractivity contribution in [1.82, 2.24) is 9.97 Å². The Hall–Kier alpha value is -4.19. The van der Waals surface area contributed by atoms with Crippen molar-refractivity contribution in [1.29, 1.82) is 0 Å². The van der Waals surface area contributed by atoms with E-state index in [1.165, 1.54) is 7.11 Å². The first kappa shape index (κ1) is 22.0. The third-order valence-electron chi connectivity index (χ3n) is 5.53. The molecule has 33 heavy (non-hydrogen) atoms. The Balaban J connectivity index is 1.87.